The second kappa shape index (κ2) is 8.67. The summed E-state index contributed by atoms with van der Waals surface area (Å²) in [6.45, 7) is 0.928. The summed E-state index contributed by atoms with van der Waals surface area (Å²) >= 11 is 1.51. The van der Waals surface area contributed by atoms with Gasteiger partial charge >= 0.3 is 0 Å². The van der Waals surface area contributed by atoms with E-state index in [9.17, 15) is 4.79 Å². The lowest BCUT2D eigenvalue weighted by atomic mass is 10.1. The Morgan fingerprint density at radius 1 is 1.43 bits per heavy atom. The van der Waals surface area contributed by atoms with Crippen LogP contribution in [0, 0.1) is 5.41 Å². The molecule has 0 aliphatic carbocycles. The van der Waals surface area contributed by atoms with E-state index in [1.165, 1.54) is 11.3 Å². The molecule has 2 heterocycles. The number of hydrogen-bond donors (Lipinski definition) is 4. The Labute approximate surface area is 164 Å². The van der Waals surface area contributed by atoms with Crippen molar-refractivity contribution in [2.45, 2.75) is 12.5 Å². The first kappa shape index (κ1) is 19.6. The molecule has 28 heavy (non-hydrogen) atoms. The standard InChI is InChI=1S/C17H20N8O2S/c1-21-12-7-27-5-4-10(12)24-17(20)25-16(14(18)15(19)26)23-9-2-3-13-11(6-9)22-8-28-13/h2-3,6,8,10,18H,4-5,7H2,1H3,(H2,19,26)(H3,20,23,24,25)/t10-/m1/s1. The monoisotopic (exact) mass is 400 g/mol. The van der Waals surface area contributed by atoms with Crippen LogP contribution in [0.1, 0.15) is 6.42 Å². The average Bonchev–Trinajstić information content (AvgIpc) is 3.15. The van der Waals surface area contributed by atoms with Crippen molar-refractivity contribution in [1.29, 1.82) is 5.41 Å². The molecule has 3 rings (SSSR count). The zero-order valence-electron chi connectivity index (χ0n) is 15.2. The first-order chi connectivity index (χ1) is 13.5. The molecule has 6 N–H and O–H groups in total. The highest BCUT2D eigenvalue weighted by Crippen LogP contribution is 2.21. The zero-order valence-corrected chi connectivity index (χ0v) is 16.0. The van der Waals surface area contributed by atoms with E-state index in [0.717, 1.165) is 15.9 Å². The zero-order chi connectivity index (χ0) is 20.1. The summed E-state index contributed by atoms with van der Waals surface area (Å²) < 4.78 is 6.37. The van der Waals surface area contributed by atoms with Gasteiger partial charge in [-0.3, -0.25) is 15.2 Å². The number of nitrogens with zero attached hydrogens (tertiary/aromatic N) is 4. The highest BCUT2D eigenvalue weighted by atomic mass is 32.1. The van der Waals surface area contributed by atoms with Crippen LogP contribution in [0.2, 0.25) is 0 Å². The molecular weight excluding hydrogens is 380 g/mol. The number of primary amides is 1. The Balaban J connectivity index is 1.88. The minimum atomic E-state index is -0.935. The maximum absolute atomic E-state index is 11.5. The van der Waals surface area contributed by atoms with Crippen molar-refractivity contribution in [2.24, 2.45) is 26.4 Å². The van der Waals surface area contributed by atoms with Crippen LogP contribution < -0.4 is 16.8 Å². The van der Waals surface area contributed by atoms with Crippen LogP contribution in [0.4, 0.5) is 5.69 Å². The Morgan fingerprint density at radius 2 is 2.25 bits per heavy atom. The Bertz CT molecular complexity index is 994. The molecule has 11 heteroatoms. The molecule has 0 spiro atoms. The molecule has 0 bridgehead atoms. The molecule has 0 unspecified atom stereocenters. The van der Waals surface area contributed by atoms with Crippen molar-refractivity contribution in [2.75, 3.05) is 25.6 Å². The molecule has 146 valence electrons. The van der Waals surface area contributed by atoms with Gasteiger partial charge in [0.25, 0.3) is 5.91 Å². The van der Waals surface area contributed by atoms with E-state index in [4.69, 9.17) is 21.6 Å². The lowest BCUT2D eigenvalue weighted by Gasteiger charge is -2.20. The summed E-state index contributed by atoms with van der Waals surface area (Å²) in [6, 6.07) is 5.20. The van der Waals surface area contributed by atoms with E-state index < -0.39 is 11.6 Å². The first-order valence-electron chi connectivity index (χ1n) is 8.42. The fourth-order valence-corrected chi connectivity index (χ4v) is 3.28. The number of fused-ring (bicyclic) bond motifs is 1. The molecule has 10 nitrogen and oxygen atoms in total. The average molecular weight is 400 g/mol. The molecule has 1 aliphatic rings. The summed E-state index contributed by atoms with van der Waals surface area (Å²) in [4.78, 5) is 28.4. The van der Waals surface area contributed by atoms with Crippen molar-refractivity contribution in [3.05, 3.63) is 23.7 Å². The SMILES string of the molecule is CN=C1COCC[C@H]1N=C(N)N=C(Nc1ccc2scnc2c1)C(=N)C(N)=O. The number of carbonyl (C=O) groups is 1. The number of aromatic nitrogens is 1. The van der Waals surface area contributed by atoms with Crippen LogP contribution in [0.15, 0.2) is 38.7 Å². The van der Waals surface area contributed by atoms with Crippen LogP contribution in [-0.4, -0.2) is 60.4 Å². The minimum Gasteiger partial charge on any atom is -0.375 e. The van der Waals surface area contributed by atoms with Crippen LogP contribution in [-0.2, 0) is 9.53 Å². The van der Waals surface area contributed by atoms with E-state index in [-0.39, 0.29) is 17.8 Å². The molecule has 1 amide bonds. The topological polar surface area (TPSA) is 164 Å². The van der Waals surface area contributed by atoms with Crippen molar-refractivity contribution < 1.29 is 9.53 Å². The van der Waals surface area contributed by atoms with Crippen molar-refractivity contribution in [1.82, 2.24) is 4.98 Å². The van der Waals surface area contributed by atoms with Crippen LogP contribution >= 0.6 is 11.3 Å². The molecule has 0 saturated carbocycles. The quantitative estimate of drug-likeness (QED) is 0.439. The van der Waals surface area contributed by atoms with Gasteiger partial charge in [0.05, 0.1) is 34.1 Å². The predicted molar refractivity (Wildman–Crippen MR) is 112 cm³/mol. The molecule has 2 aromatic rings. The molecule has 1 aromatic carbocycles. The molecule has 0 radical (unpaired) electrons. The normalized spacial score (nSPS) is 19.8. The van der Waals surface area contributed by atoms with Crippen LogP contribution in [0.3, 0.4) is 0 Å². The van der Waals surface area contributed by atoms with Gasteiger partial charge in [-0.1, -0.05) is 0 Å². The summed E-state index contributed by atoms with van der Waals surface area (Å²) in [6.07, 6.45) is 0.624. The molecular formula is C17H20N8O2S. The van der Waals surface area contributed by atoms with E-state index in [2.05, 4.69) is 25.3 Å². The number of aliphatic imine (C=N–C) groups is 3. The number of nitrogens with one attached hydrogen (secondary N) is 2. The van der Waals surface area contributed by atoms with E-state index in [1.807, 2.05) is 6.07 Å². The molecule has 1 aromatic heterocycles. The molecule has 1 atom stereocenters. The number of ether oxygens (including phenoxy) is 1. The van der Waals surface area contributed by atoms with Crippen LogP contribution in [0.5, 0.6) is 0 Å². The third-order valence-corrected chi connectivity index (χ3v) is 4.86. The van der Waals surface area contributed by atoms with Crippen LogP contribution in [0.25, 0.3) is 10.2 Å². The van der Waals surface area contributed by atoms with Crippen molar-refractivity contribution in [3.8, 4) is 0 Å². The third kappa shape index (κ3) is 4.56. The van der Waals surface area contributed by atoms with Gasteiger partial charge in [-0.2, -0.15) is 4.99 Å². The first-order valence-corrected chi connectivity index (χ1v) is 9.30. The van der Waals surface area contributed by atoms with Gasteiger partial charge in [0.15, 0.2) is 11.5 Å². The maximum atomic E-state index is 11.5. The number of guanidine groups is 1. The fraction of sp³-hybridized carbons (Fsp3) is 0.294. The summed E-state index contributed by atoms with van der Waals surface area (Å²) in [7, 11) is 1.66. The number of amides is 1. The number of rotatable bonds is 4. The second-order valence-corrected chi connectivity index (χ2v) is 6.81. The second-order valence-electron chi connectivity index (χ2n) is 5.92. The summed E-state index contributed by atoms with van der Waals surface area (Å²) in [5, 5.41) is 10.8. The number of amidine groups is 1. The number of anilines is 1. The molecule has 1 aliphatic heterocycles. The number of benzene rings is 1. The van der Waals surface area contributed by atoms with E-state index in [1.54, 1.807) is 24.7 Å². The largest absolute Gasteiger partial charge is 0.375 e. The molecule has 1 saturated heterocycles. The van der Waals surface area contributed by atoms with Gasteiger partial charge in [-0.25, -0.2) is 9.98 Å². The van der Waals surface area contributed by atoms with E-state index in [0.29, 0.717) is 25.3 Å². The third-order valence-electron chi connectivity index (χ3n) is 4.05. The van der Waals surface area contributed by atoms with Gasteiger partial charge in [-0.05, 0) is 24.6 Å². The highest BCUT2D eigenvalue weighted by molar-refractivity contribution is 7.16. The summed E-state index contributed by atoms with van der Waals surface area (Å²) in [5.74, 6) is -1.11. The van der Waals surface area contributed by atoms with Gasteiger partial charge in [-0.15, -0.1) is 11.3 Å². The lowest BCUT2D eigenvalue weighted by molar-refractivity contribution is -0.111. The summed E-state index contributed by atoms with van der Waals surface area (Å²) in [5.41, 5.74) is 14.6. The molecule has 1 fully saturated rings. The minimum absolute atomic E-state index is 0.0868. The highest BCUT2D eigenvalue weighted by Gasteiger charge is 2.21. The number of hydrogen-bond acceptors (Lipinski definition) is 7. The smallest absolute Gasteiger partial charge is 0.270 e. The Morgan fingerprint density at radius 3 is 3.00 bits per heavy atom. The van der Waals surface area contributed by atoms with Gasteiger partial charge in [0.2, 0.25) is 5.96 Å². The maximum Gasteiger partial charge on any atom is 0.270 e. The van der Waals surface area contributed by atoms with Gasteiger partial charge < -0.3 is 21.5 Å². The van der Waals surface area contributed by atoms with Gasteiger partial charge in [0.1, 0.15) is 0 Å². The number of thiazole rings is 1. The van der Waals surface area contributed by atoms with Crippen molar-refractivity contribution >= 4 is 56.4 Å². The fourth-order valence-electron chi connectivity index (χ4n) is 2.63. The van der Waals surface area contributed by atoms with E-state index >= 15 is 0 Å². The lowest BCUT2D eigenvalue weighted by Crippen LogP contribution is -2.36. The van der Waals surface area contributed by atoms with Crippen molar-refractivity contribution in [3.63, 3.8) is 0 Å². The Hall–Kier alpha value is -3.18. The van der Waals surface area contributed by atoms with Gasteiger partial charge in [0, 0.05) is 19.3 Å². The number of carbonyl (C=O) groups excluding carboxylic acids is 1. The Kier molecular flexibility index (Phi) is 6.06. The number of nitrogens with two attached hydrogens (primary N) is 2. The predicted octanol–water partition coefficient (Wildman–Crippen LogP) is 0.786.